The molecule has 0 aromatic carbocycles. The second-order valence-corrected chi connectivity index (χ2v) is 5.28. The third-order valence-electron chi connectivity index (χ3n) is 2.91. The van der Waals surface area contributed by atoms with E-state index in [0.717, 1.165) is 16.4 Å². The van der Waals surface area contributed by atoms with Crippen LogP contribution in [0.15, 0.2) is 36.1 Å². The van der Waals surface area contributed by atoms with Gasteiger partial charge in [0.2, 0.25) is 11.6 Å². The van der Waals surface area contributed by atoms with Crippen molar-refractivity contribution in [2.24, 2.45) is 0 Å². The molecule has 116 valence electrons. The standard InChI is InChI=1S/C13H11N7O2S/c14-11-10(20(21)22)12(18-7-17-11)16-5-8-6-23-13(19-8)9-3-1-2-4-15-9/h1-4,6-7H,5H2,(H3,14,16,17,18). The topological polar surface area (TPSA) is 133 Å². The van der Waals surface area contributed by atoms with Crippen molar-refractivity contribution in [2.75, 3.05) is 11.1 Å². The summed E-state index contributed by atoms with van der Waals surface area (Å²) in [5.41, 5.74) is 6.68. The van der Waals surface area contributed by atoms with Crippen LogP contribution in [0.4, 0.5) is 17.3 Å². The fourth-order valence-electron chi connectivity index (χ4n) is 1.87. The van der Waals surface area contributed by atoms with Crippen LogP contribution >= 0.6 is 11.3 Å². The molecule has 0 fully saturated rings. The smallest absolute Gasteiger partial charge is 0.352 e. The van der Waals surface area contributed by atoms with Gasteiger partial charge in [0, 0.05) is 11.6 Å². The van der Waals surface area contributed by atoms with Crippen molar-refractivity contribution in [1.82, 2.24) is 19.9 Å². The van der Waals surface area contributed by atoms with Crippen molar-refractivity contribution < 1.29 is 4.92 Å². The van der Waals surface area contributed by atoms with Crippen molar-refractivity contribution in [3.05, 3.63) is 51.9 Å². The molecular weight excluding hydrogens is 318 g/mol. The molecule has 3 aromatic rings. The summed E-state index contributed by atoms with van der Waals surface area (Å²) in [6.07, 6.45) is 2.87. The molecule has 0 amide bonds. The van der Waals surface area contributed by atoms with E-state index in [1.165, 1.54) is 17.7 Å². The molecule has 3 rings (SSSR count). The molecule has 3 heterocycles. The molecule has 3 aromatic heterocycles. The number of nitrogens with one attached hydrogen (secondary N) is 1. The quantitative estimate of drug-likeness (QED) is 0.537. The van der Waals surface area contributed by atoms with E-state index in [4.69, 9.17) is 5.73 Å². The highest BCUT2D eigenvalue weighted by Gasteiger charge is 2.20. The second kappa shape index (κ2) is 6.32. The van der Waals surface area contributed by atoms with E-state index in [1.807, 2.05) is 23.6 Å². The van der Waals surface area contributed by atoms with Crippen LogP contribution in [0, 0.1) is 10.1 Å². The fraction of sp³-hybridized carbons (Fsp3) is 0.0769. The predicted octanol–water partition coefficient (Wildman–Crippen LogP) is 2.10. The summed E-state index contributed by atoms with van der Waals surface area (Å²) in [7, 11) is 0. The number of hydrogen-bond acceptors (Lipinski definition) is 9. The molecule has 10 heteroatoms. The minimum atomic E-state index is -0.613. The zero-order valence-corrected chi connectivity index (χ0v) is 12.5. The van der Waals surface area contributed by atoms with Gasteiger partial charge in [-0.15, -0.1) is 11.3 Å². The maximum Gasteiger partial charge on any atom is 0.352 e. The summed E-state index contributed by atoms with van der Waals surface area (Å²) in [6, 6.07) is 5.58. The normalized spacial score (nSPS) is 10.4. The molecule has 23 heavy (non-hydrogen) atoms. The summed E-state index contributed by atoms with van der Waals surface area (Å²) < 4.78 is 0. The van der Waals surface area contributed by atoms with Gasteiger partial charge in [-0.2, -0.15) is 0 Å². The van der Waals surface area contributed by atoms with Gasteiger partial charge < -0.3 is 11.1 Å². The second-order valence-electron chi connectivity index (χ2n) is 4.43. The number of rotatable bonds is 5. The van der Waals surface area contributed by atoms with E-state index in [0.29, 0.717) is 0 Å². The maximum absolute atomic E-state index is 11.0. The number of hydrogen-bond donors (Lipinski definition) is 2. The summed E-state index contributed by atoms with van der Waals surface area (Å²) >= 11 is 1.45. The lowest BCUT2D eigenvalue weighted by Gasteiger charge is -2.05. The van der Waals surface area contributed by atoms with Crippen LogP contribution in [0.5, 0.6) is 0 Å². The zero-order valence-electron chi connectivity index (χ0n) is 11.7. The lowest BCUT2D eigenvalue weighted by molar-refractivity contribution is -0.383. The van der Waals surface area contributed by atoms with Gasteiger partial charge in [0.15, 0.2) is 0 Å². The molecule has 0 bridgehead atoms. The van der Waals surface area contributed by atoms with E-state index < -0.39 is 4.92 Å². The molecule has 3 N–H and O–H groups in total. The molecule has 0 atom stereocenters. The van der Waals surface area contributed by atoms with Gasteiger partial charge in [0.05, 0.1) is 22.9 Å². The molecule has 0 saturated carbocycles. The predicted molar refractivity (Wildman–Crippen MR) is 85.8 cm³/mol. The number of nitrogen functional groups attached to an aromatic ring is 1. The van der Waals surface area contributed by atoms with Crippen molar-refractivity contribution in [3.8, 4) is 10.7 Å². The molecule has 0 unspecified atom stereocenters. The Morgan fingerprint density at radius 1 is 1.30 bits per heavy atom. The molecule has 0 radical (unpaired) electrons. The van der Waals surface area contributed by atoms with Gasteiger partial charge in [0.1, 0.15) is 11.3 Å². The molecule has 9 nitrogen and oxygen atoms in total. The number of thiazole rings is 1. The van der Waals surface area contributed by atoms with Crippen molar-refractivity contribution in [2.45, 2.75) is 6.54 Å². The average molecular weight is 329 g/mol. The van der Waals surface area contributed by atoms with Gasteiger partial charge >= 0.3 is 5.69 Å². The number of anilines is 2. The number of nitro groups is 1. The van der Waals surface area contributed by atoms with E-state index in [-0.39, 0.29) is 23.9 Å². The van der Waals surface area contributed by atoms with Crippen LogP contribution < -0.4 is 11.1 Å². The molecule has 0 spiro atoms. The summed E-state index contributed by atoms with van der Waals surface area (Å²) in [4.78, 5) is 26.6. The Hall–Kier alpha value is -3.14. The van der Waals surface area contributed by atoms with Crippen LogP contribution in [0.25, 0.3) is 10.7 Å². The Labute approximate surface area is 134 Å². The Morgan fingerprint density at radius 2 is 2.17 bits per heavy atom. The van der Waals surface area contributed by atoms with Gasteiger partial charge in [-0.1, -0.05) is 6.07 Å². The van der Waals surface area contributed by atoms with Crippen LogP contribution in [-0.4, -0.2) is 24.9 Å². The highest BCUT2D eigenvalue weighted by molar-refractivity contribution is 7.13. The van der Waals surface area contributed by atoms with E-state index >= 15 is 0 Å². The lowest BCUT2D eigenvalue weighted by Crippen LogP contribution is -2.08. The minimum absolute atomic E-state index is 0.0647. The molecule has 0 aliphatic heterocycles. The highest BCUT2D eigenvalue weighted by Crippen LogP contribution is 2.27. The number of pyridine rings is 1. The van der Waals surface area contributed by atoms with Crippen LogP contribution in [0.2, 0.25) is 0 Å². The SMILES string of the molecule is Nc1ncnc(NCc2csc(-c3ccccn3)n2)c1[N+](=O)[O-]. The van der Waals surface area contributed by atoms with Crippen LogP contribution in [-0.2, 0) is 6.54 Å². The van der Waals surface area contributed by atoms with Crippen molar-refractivity contribution in [1.29, 1.82) is 0 Å². The largest absolute Gasteiger partial charge is 0.378 e. The van der Waals surface area contributed by atoms with Gasteiger partial charge in [-0.25, -0.2) is 15.0 Å². The first-order valence-corrected chi connectivity index (χ1v) is 7.37. The Morgan fingerprint density at radius 3 is 2.91 bits per heavy atom. The first kappa shape index (κ1) is 14.8. The third kappa shape index (κ3) is 3.21. The highest BCUT2D eigenvalue weighted by atomic mass is 32.1. The maximum atomic E-state index is 11.0. The van der Waals surface area contributed by atoms with Crippen molar-refractivity contribution >= 4 is 28.7 Å². The molecule has 0 saturated heterocycles. The first-order valence-electron chi connectivity index (χ1n) is 6.49. The fourth-order valence-corrected chi connectivity index (χ4v) is 2.67. The molecule has 0 aliphatic rings. The lowest BCUT2D eigenvalue weighted by atomic mass is 10.3. The number of nitrogens with zero attached hydrogens (tertiary/aromatic N) is 5. The van der Waals surface area contributed by atoms with Crippen molar-refractivity contribution in [3.63, 3.8) is 0 Å². The van der Waals surface area contributed by atoms with Crippen LogP contribution in [0.1, 0.15) is 5.69 Å². The first-order chi connectivity index (χ1) is 11.1. The Balaban J connectivity index is 1.76. The van der Waals surface area contributed by atoms with Gasteiger partial charge in [-0.05, 0) is 12.1 Å². The Kier molecular flexibility index (Phi) is 4.06. The molecule has 0 aliphatic carbocycles. The van der Waals surface area contributed by atoms with E-state index in [1.54, 1.807) is 6.20 Å². The van der Waals surface area contributed by atoms with E-state index in [9.17, 15) is 10.1 Å². The van der Waals surface area contributed by atoms with E-state index in [2.05, 4.69) is 25.3 Å². The summed E-state index contributed by atoms with van der Waals surface area (Å²) in [6.45, 7) is 0.278. The zero-order chi connectivity index (χ0) is 16.2. The third-order valence-corrected chi connectivity index (χ3v) is 3.82. The average Bonchev–Trinajstić information content (AvgIpc) is 3.02. The number of aromatic nitrogens is 4. The minimum Gasteiger partial charge on any atom is -0.378 e. The summed E-state index contributed by atoms with van der Waals surface area (Å²) in [5.74, 6) is -0.116. The monoisotopic (exact) mass is 329 g/mol. The number of nitrogens with two attached hydrogens (primary N) is 1. The summed E-state index contributed by atoms with van der Waals surface area (Å²) in [5, 5.41) is 16.5. The molecular formula is C13H11N7O2S. The van der Waals surface area contributed by atoms with Gasteiger partial charge in [-0.3, -0.25) is 15.1 Å². The Bertz CT molecular complexity index is 837. The van der Waals surface area contributed by atoms with Crippen LogP contribution in [0.3, 0.4) is 0 Å². The van der Waals surface area contributed by atoms with Gasteiger partial charge in [0.25, 0.3) is 0 Å².